The molecule has 34 heavy (non-hydrogen) atoms. The summed E-state index contributed by atoms with van der Waals surface area (Å²) < 4.78 is 11.6. The van der Waals surface area contributed by atoms with E-state index in [1.807, 2.05) is 13.0 Å². The van der Waals surface area contributed by atoms with Gasteiger partial charge in [-0.25, -0.2) is 10.5 Å². The number of carbonyl (C=O) groups excluding carboxylic acids is 2. The lowest BCUT2D eigenvalue weighted by Gasteiger charge is -2.14. The molecule has 1 aromatic heterocycles. The monoisotopic (exact) mass is 474 g/mol. The van der Waals surface area contributed by atoms with Crippen LogP contribution in [0.2, 0.25) is 0 Å². The zero-order valence-corrected chi connectivity index (χ0v) is 19.5. The highest BCUT2D eigenvalue weighted by molar-refractivity contribution is 5.96. The van der Waals surface area contributed by atoms with Gasteiger partial charge in [0.15, 0.2) is 11.6 Å². The Kier molecular flexibility index (Phi) is 11.4. The van der Waals surface area contributed by atoms with Crippen LogP contribution in [0, 0.1) is 0 Å². The van der Waals surface area contributed by atoms with Crippen LogP contribution < -0.4 is 31.7 Å². The van der Waals surface area contributed by atoms with E-state index in [2.05, 4.69) is 15.3 Å². The van der Waals surface area contributed by atoms with Crippen LogP contribution in [0.1, 0.15) is 61.5 Å². The van der Waals surface area contributed by atoms with E-state index < -0.39 is 0 Å². The Morgan fingerprint density at radius 3 is 2.50 bits per heavy atom. The number of nitrogens with one attached hydrogen (secondary N) is 2. The minimum absolute atomic E-state index is 0.118. The number of benzene rings is 1. The molecule has 0 saturated carbocycles. The summed E-state index contributed by atoms with van der Waals surface area (Å²) in [5, 5.41) is 11.4. The lowest BCUT2D eigenvalue weighted by atomic mass is 10.1. The topological polar surface area (TPSA) is 175 Å². The van der Waals surface area contributed by atoms with Crippen LogP contribution in [0.5, 0.6) is 11.5 Å². The third-order valence-corrected chi connectivity index (χ3v) is 4.98. The zero-order chi connectivity index (χ0) is 24.8. The van der Waals surface area contributed by atoms with E-state index in [-0.39, 0.29) is 23.6 Å². The van der Waals surface area contributed by atoms with Crippen LogP contribution in [0.3, 0.4) is 0 Å². The molecule has 0 bridgehead atoms. The molecule has 0 atom stereocenters. The van der Waals surface area contributed by atoms with E-state index in [9.17, 15) is 9.59 Å². The van der Waals surface area contributed by atoms with E-state index in [0.717, 1.165) is 19.3 Å². The molecule has 1 heterocycles. The van der Waals surface area contributed by atoms with E-state index >= 15 is 0 Å². The molecule has 2 aromatic rings. The Hall–Kier alpha value is -3.60. The fourth-order valence-corrected chi connectivity index (χ4v) is 3.25. The van der Waals surface area contributed by atoms with Gasteiger partial charge < -0.3 is 26.3 Å². The summed E-state index contributed by atoms with van der Waals surface area (Å²) in [6, 6.07) is 7.07. The molecule has 0 aliphatic heterocycles. The van der Waals surface area contributed by atoms with Gasteiger partial charge in [0.25, 0.3) is 5.91 Å². The second-order valence-corrected chi connectivity index (χ2v) is 7.60. The maximum absolute atomic E-state index is 12.6. The Balaban J connectivity index is 1.73. The minimum Gasteiger partial charge on any atom is -0.493 e. The number of nitrogens with two attached hydrogens (primary N) is 2. The van der Waals surface area contributed by atoms with Crippen molar-refractivity contribution in [3.8, 4) is 11.5 Å². The van der Waals surface area contributed by atoms with Crippen molar-refractivity contribution >= 4 is 23.6 Å². The van der Waals surface area contributed by atoms with Gasteiger partial charge in [0.2, 0.25) is 11.9 Å². The van der Waals surface area contributed by atoms with Crippen LogP contribution in [0.25, 0.3) is 0 Å². The predicted octanol–water partition coefficient (Wildman–Crippen LogP) is 2.24. The van der Waals surface area contributed by atoms with Crippen LogP contribution in [-0.4, -0.2) is 46.7 Å². The SMILES string of the molecule is CCc1nc(N)nc(N)c1OCCCOc1ccccc1C(=O)NCCCCCCC(=O)NO. The normalized spacial score (nSPS) is 10.5. The number of carbonyl (C=O) groups is 2. The molecule has 0 radical (unpaired) electrons. The van der Waals surface area contributed by atoms with Crippen molar-refractivity contribution in [2.75, 3.05) is 31.2 Å². The van der Waals surface area contributed by atoms with Gasteiger partial charge in [-0.3, -0.25) is 14.8 Å². The zero-order valence-electron chi connectivity index (χ0n) is 19.5. The van der Waals surface area contributed by atoms with Crippen molar-refractivity contribution < 1.29 is 24.3 Å². The van der Waals surface area contributed by atoms with Crippen LogP contribution >= 0.6 is 0 Å². The number of ether oxygens (including phenoxy) is 2. The van der Waals surface area contributed by atoms with Crippen LogP contribution in [0.15, 0.2) is 24.3 Å². The van der Waals surface area contributed by atoms with Gasteiger partial charge in [-0.1, -0.05) is 31.9 Å². The van der Waals surface area contributed by atoms with Gasteiger partial charge in [0.05, 0.1) is 24.5 Å². The third-order valence-electron chi connectivity index (χ3n) is 4.98. The minimum atomic E-state index is -0.384. The van der Waals surface area contributed by atoms with Crippen molar-refractivity contribution in [3.05, 3.63) is 35.5 Å². The number of rotatable bonds is 15. The predicted molar refractivity (Wildman–Crippen MR) is 128 cm³/mol. The van der Waals surface area contributed by atoms with Gasteiger partial charge in [-0.15, -0.1) is 0 Å². The van der Waals surface area contributed by atoms with Gasteiger partial charge in [-0.2, -0.15) is 4.98 Å². The van der Waals surface area contributed by atoms with Gasteiger partial charge >= 0.3 is 0 Å². The van der Waals surface area contributed by atoms with Crippen molar-refractivity contribution in [3.63, 3.8) is 0 Å². The number of aryl methyl sites for hydroxylation is 1. The molecule has 11 heteroatoms. The molecule has 2 amide bonds. The second kappa shape index (κ2) is 14.5. The summed E-state index contributed by atoms with van der Waals surface area (Å²) in [5.74, 6) is 0.680. The van der Waals surface area contributed by atoms with Crippen molar-refractivity contribution in [2.24, 2.45) is 0 Å². The number of unbranched alkanes of at least 4 members (excludes halogenated alkanes) is 3. The first-order chi connectivity index (χ1) is 16.5. The fourth-order valence-electron chi connectivity index (χ4n) is 3.25. The number of aromatic nitrogens is 2. The van der Waals surface area contributed by atoms with Crippen molar-refractivity contribution in [1.82, 2.24) is 20.8 Å². The number of nitrogens with zero attached hydrogens (tertiary/aromatic N) is 2. The number of hydroxylamine groups is 1. The Labute approximate surface area is 199 Å². The first-order valence-corrected chi connectivity index (χ1v) is 11.4. The Morgan fingerprint density at radius 2 is 1.74 bits per heavy atom. The quantitative estimate of drug-likeness (QED) is 0.147. The van der Waals surface area contributed by atoms with E-state index in [1.165, 1.54) is 0 Å². The number of anilines is 2. The summed E-state index contributed by atoms with van der Waals surface area (Å²) >= 11 is 0. The summed E-state index contributed by atoms with van der Waals surface area (Å²) in [5.41, 5.74) is 14.3. The molecule has 2 rings (SSSR count). The van der Waals surface area contributed by atoms with Gasteiger partial charge in [-0.05, 0) is 31.4 Å². The highest BCUT2D eigenvalue weighted by Gasteiger charge is 2.13. The van der Waals surface area contributed by atoms with Crippen LogP contribution in [0.4, 0.5) is 11.8 Å². The Bertz CT molecular complexity index is 940. The molecule has 0 aliphatic rings. The number of hydrogen-bond acceptors (Lipinski definition) is 9. The highest BCUT2D eigenvalue weighted by atomic mass is 16.5. The maximum Gasteiger partial charge on any atom is 0.255 e. The summed E-state index contributed by atoms with van der Waals surface area (Å²) in [4.78, 5) is 31.6. The van der Waals surface area contributed by atoms with Crippen molar-refractivity contribution in [1.29, 1.82) is 0 Å². The molecule has 0 unspecified atom stereocenters. The maximum atomic E-state index is 12.6. The third kappa shape index (κ3) is 8.74. The molecule has 11 nitrogen and oxygen atoms in total. The molecular weight excluding hydrogens is 440 g/mol. The van der Waals surface area contributed by atoms with E-state index in [4.69, 9.17) is 26.1 Å². The first-order valence-electron chi connectivity index (χ1n) is 11.4. The summed E-state index contributed by atoms with van der Waals surface area (Å²) in [7, 11) is 0. The average Bonchev–Trinajstić information content (AvgIpc) is 2.83. The fraction of sp³-hybridized carbons (Fsp3) is 0.478. The molecular formula is C23H34N6O5. The smallest absolute Gasteiger partial charge is 0.255 e. The molecule has 0 spiro atoms. The molecule has 186 valence electrons. The summed E-state index contributed by atoms with van der Waals surface area (Å²) in [6.07, 6.45) is 4.69. The molecule has 7 N–H and O–H groups in total. The summed E-state index contributed by atoms with van der Waals surface area (Å²) in [6.45, 7) is 3.15. The number of amides is 2. The lowest BCUT2D eigenvalue weighted by Crippen LogP contribution is -2.25. The van der Waals surface area contributed by atoms with Gasteiger partial charge in [0, 0.05) is 19.4 Å². The largest absolute Gasteiger partial charge is 0.493 e. The van der Waals surface area contributed by atoms with Gasteiger partial charge in [0.1, 0.15) is 5.75 Å². The number of nitrogen functional groups attached to an aromatic ring is 2. The first kappa shape index (κ1) is 26.7. The van der Waals surface area contributed by atoms with E-state index in [1.54, 1.807) is 23.7 Å². The number of hydrogen-bond donors (Lipinski definition) is 5. The van der Waals surface area contributed by atoms with E-state index in [0.29, 0.717) is 68.2 Å². The second-order valence-electron chi connectivity index (χ2n) is 7.60. The standard InChI is InChI=1S/C23H34N6O5/c1-2-17-20(21(24)28-23(25)27-17)34-15-9-14-33-18-11-7-6-10-16(18)22(31)26-13-8-4-3-5-12-19(30)29-32/h6-7,10-11,32H,2-5,8-9,12-15H2,1H3,(H,26,31)(H,29,30)(H4,24,25,27,28). The van der Waals surface area contributed by atoms with Crippen molar-refractivity contribution in [2.45, 2.75) is 51.9 Å². The molecule has 1 aromatic carbocycles. The molecule has 0 aliphatic carbocycles. The molecule has 0 saturated heterocycles. The number of para-hydroxylation sites is 1. The molecule has 0 fully saturated rings. The highest BCUT2D eigenvalue weighted by Crippen LogP contribution is 2.25. The Morgan fingerprint density at radius 1 is 1.00 bits per heavy atom. The lowest BCUT2D eigenvalue weighted by molar-refractivity contribution is -0.129. The van der Waals surface area contributed by atoms with Crippen LogP contribution in [-0.2, 0) is 11.2 Å². The average molecular weight is 475 g/mol.